The Labute approximate surface area is 74.3 Å². The van der Waals surface area contributed by atoms with Gasteiger partial charge in [0.05, 0.1) is 12.6 Å². The average Bonchev–Trinajstić information content (AvgIpc) is 2.03. The van der Waals surface area contributed by atoms with Gasteiger partial charge in [-0.05, 0) is 12.8 Å². The van der Waals surface area contributed by atoms with Gasteiger partial charge < -0.3 is 15.9 Å². The van der Waals surface area contributed by atoms with E-state index in [0.29, 0.717) is 0 Å². The van der Waals surface area contributed by atoms with E-state index in [9.17, 15) is 14.0 Å². The molecule has 2 atom stereocenters. The summed E-state index contributed by atoms with van der Waals surface area (Å²) in [6, 6.07) is -1.24. The average molecular weight is 193 g/mol. The maximum absolute atomic E-state index is 11.8. The quantitative estimate of drug-likeness (QED) is 0.544. The van der Waals surface area contributed by atoms with Gasteiger partial charge in [0.25, 0.3) is 0 Å². The van der Waals surface area contributed by atoms with Gasteiger partial charge in [0.1, 0.15) is 6.04 Å². The predicted molar refractivity (Wildman–Crippen MR) is 41.9 cm³/mol. The van der Waals surface area contributed by atoms with Gasteiger partial charge >= 0.3 is 11.9 Å². The van der Waals surface area contributed by atoms with Crippen LogP contribution in [0.2, 0.25) is 0 Å². The zero-order chi connectivity index (χ0) is 10.4. The van der Waals surface area contributed by atoms with Crippen LogP contribution in [-0.4, -0.2) is 34.9 Å². The molecule has 0 spiro atoms. The number of nitrogens with two attached hydrogens (primary N) is 1. The SMILES string of the molecule is NC(CC(CCF)C(=O)O)C(=O)O. The Morgan fingerprint density at radius 1 is 1.31 bits per heavy atom. The molecule has 0 saturated carbocycles. The topological polar surface area (TPSA) is 101 Å². The molecular formula is C7H12FNO4. The number of halogens is 1. The largest absolute Gasteiger partial charge is 0.481 e. The Kier molecular flexibility index (Phi) is 4.98. The summed E-state index contributed by atoms with van der Waals surface area (Å²) in [4.78, 5) is 20.7. The van der Waals surface area contributed by atoms with Gasteiger partial charge in [0.2, 0.25) is 0 Å². The fourth-order valence-corrected chi connectivity index (χ4v) is 0.881. The van der Waals surface area contributed by atoms with Crippen LogP contribution in [0.5, 0.6) is 0 Å². The molecule has 0 saturated heterocycles. The molecule has 0 radical (unpaired) electrons. The number of alkyl halides is 1. The zero-order valence-electron chi connectivity index (χ0n) is 6.94. The number of rotatable bonds is 6. The van der Waals surface area contributed by atoms with E-state index in [0.717, 1.165) is 0 Å². The smallest absolute Gasteiger partial charge is 0.320 e. The van der Waals surface area contributed by atoms with E-state index in [-0.39, 0.29) is 12.8 Å². The first kappa shape index (κ1) is 11.8. The van der Waals surface area contributed by atoms with Crippen molar-refractivity contribution in [2.45, 2.75) is 18.9 Å². The summed E-state index contributed by atoms with van der Waals surface area (Å²) in [6.45, 7) is -0.788. The van der Waals surface area contributed by atoms with Crippen molar-refractivity contribution in [2.24, 2.45) is 11.7 Å². The van der Waals surface area contributed by atoms with Crippen LogP contribution in [0, 0.1) is 5.92 Å². The van der Waals surface area contributed by atoms with E-state index in [4.69, 9.17) is 15.9 Å². The Hall–Kier alpha value is -1.17. The second kappa shape index (κ2) is 5.47. The first-order chi connectivity index (χ1) is 5.99. The summed E-state index contributed by atoms with van der Waals surface area (Å²) >= 11 is 0. The van der Waals surface area contributed by atoms with Gasteiger partial charge in [-0.2, -0.15) is 0 Å². The normalized spacial score (nSPS) is 14.9. The minimum Gasteiger partial charge on any atom is -0.481 e. The fourth-order valence-electron chi connectivity index (χ4n) is 0.881. The van der Waals surface area contributed by atoms with Crippen molar-refractivity contribution < 1.29 is 24.2 Å². The molecule has 0 aliphatic carbocycles. The van der Waals surface area contributed by atoms with Crippen molar-refractivity contribution in [1.29, 1.82) is 0 Å². The number of carbonyl (C=O) groups is 2. The number of carboxylic acid groups (broad SMARTS) is 2. The van der Waals surface area contributed by atoms with Crippen LogP contribution in [0.4, 0.5) is 4.39 Å². The summed E-state index contributed by atoms with van der Waals surface area (Å²) in [5.41, 5.74) is 5.10. The molecule has 2 unspecified atom stereocenters. The van der Waals surface area contributed by atoms with Gasteiger partial charge in [0.15, 0.2) is 0 Å². The van der Waals surface area contributed by atoms with E-state index in [1.54, 1.807) is 0 Å². The van der Waals surface area contributed by atoms with Crippen molar-refractivity contribution >= 4 is 11.9 Å². The van der Waals surface area contributed by atoms with E-state index in [1.165, 1.54) is 0 Å². The third-order valence-corrected chi connectivity index (χ3v) is 1.66. The highest BCUT2D eigenvalue weighted by Gasteiger charge is 2.23. The summed E-state index contributed by atoms with van der Waals surface area (Å²) in [7, 11) is 0. The van der Waals surface area contributed by atoms with E-state index >= 15 is 0 Å². The molecule has 6 heteroatoms. The van der Waals surface area contributed by atoms with E-state index in [2.05, 4.69) is 0 Å². The summed E-state index contributed by atoms with van der Waals surface area (Å²) < 4.78 is 11.8. The van der Waals surface area contributed by atoms with Gasteiger partial charge in [-0.3, -0.25) is 14.0 Å². The number of carboxylic acids is 2. The highest BCUT2D eigenvalue weighted by atomic mass is 19.1. The highest BCUT2D eigenvalue weighted by Crippen LogP contribution is 2.11. The standard InChI is InChI=1S/C7H12FNO4/c8-2-1-4(6(10)11)3-5(9)7(12)13/h4-5H,1-3,9H2,(H,10,11)(H,12,13). The molecule has 13 heavy (non-hydrogen) atoms. The van der Waals surface area contributed by atoms with Crippen LogP contribution in [0.25, 0.3) is 0 Å². The number of hydrogen-bond acceptors (Lipinski definition) is 3. The Morgan fingerprint density at radius 3 is 2.15 bits per heavy atom. The van der Waals surface area contributed by atoms with Gasteiger partial charge in [0, 0.05) is 0 Å². The van der Waals surface area contributed by atoms with E-state index < -0.39 is 30.6 Å². The van der Waals surface area contributed by atoms with Crippen molar-refractivity contribution in [1.82, 2.24) is 0 Å². The number of hydrogen-bond donors (Lipinski definition) is 3. The lowest BCUT2D eigenvalue weighted by Gasteiger charge is -2.12. The zero-order valence-corrected chi connectivity index (χ0v) is 6.94. The lowest BCUT2D eigenvalue weighted by atomic mass is 9.98. The molecule has 4 N–H and O–H groups in total. The molecule has 0 heterocycles. The minimum absolute atomic E-state index is 0.198. The van der Waals surface area contributed by atoms with E-state index in [1.807, 2.05) is 0 Å². The van der Waals surface area contributed by atoms with Gasteiger partial charge in [-0.1, -0.05) is 0 Å². The number of aliphatic carboxylic acids is 2. The molecule has 0 fully saturated rings. The molecule has 0 amide bonds. The molecule has 0 aliphatic rings. The Bertz CT molecular complexity index is 197. The van der Waals surface area contributed by atoms with Crippen LogP contribution in [-0.2, 0) is 9.59 Å². The van der Waals surface area contributed by atoms with Crippen molar-refractivity contribution in [3.05, 3.63) is 0 Å². The van der Waals surface area contributed by atoms with Crippen molar-refractivity contribution in [2.75, 3.05) is 6.67 Å². The van der Waals surface area contributed by atoms with Crippen LogP contribution >= 0.6 is 0 Å². The second-order valence-electron chi connectivity index (χ2n) is 2.69. The fraction of sp³-hybridized carbons (Fsp3) is 0.714. The van der Waals surface area contributed by atoms with Gasteiger partial charge in [-0.25, -0.2) is 0 Å². The first-order valence-electron chi connectivity index (χ1n) is 3.76. The van der Waals surface area contributed by atoms with Crippen LogP contribution in [0.1, 0.15) is 12.8 Å². The molecule has 0 aliphatic heterocycles. The first-order valence-corrected chi connectivity index (χ1v) is 3.76. The monoisotopic (exact) mass is 193 g/mol. The summed E-state index contributed by atoms with van der Waals surface area (Å²) in [5.74, 6) is -3.50. The third kappa shape index (κ3) is 4.41. The third-order valence-electron chi connectivity index (χ3n) is 1.66. The maximum Gasteiger partial charge on any atom is 0.320 e. The Morgan fingerprint density at radius 2 is 1.85 bits per heavy atom. The van der Waals surface area contributed by atoms with Crippen LogP contribution in [0.15, 0.2) is 0 Å². The van der Waals surface area contributed by atoms with Crippen molar-refractivity contribution in [3.8, 4) is 0 Å². The van der Waals surface area contributed by atoms with Crippen molar-refractivity contribution in [3.63, 3.8) is 0 Å². The minimum atomic E-state index is -1.27. The molecule has 0 aromatic heterocycles. The molecule has 0 bridgehead atoms. The highest BCUT2D eigenvalue weighted by molar-refractivity contribution is 5.75. The molecule has 76 valence electrons. The molecule has 0 aromatic carbocycles. The molecular weight excluding hydrogens is 181 g/mol. The Balaban J connectivity index is 4.09. The second-order valence-corrected chi connectivity index (χ2v) is 2.69. The summed E-state index contributed by atoms with van der Waals surface area (Å²) in [5, 5.41) is 16.9. The lowest BCUT2D eigenvalue weighted by molar-refractivity contribution is -0.144. The molecule has 5 nitrogen and oxygen atoms in total. The van der Waals surface area contributed by atoms with Crippen LogP contribution in [0.3, 0.4) is 0 Å². The summed E-state index contributed by atoms with van der Waals surface area (Å²) in [6.07, 6.45) is -0.440. The lowest BCUT2D eigenvalue weighted by Crippen LogP contribution is -2.34. The molecule has 0 rings (SSSR count). The predicted octanol–water partition coefficient (Wildman–Crippen LogP) is -0.151. The van der Waals surface area contributed by atoms with Crippen LogP contribution < -0.4 is 5.73 Å². The van der Waals surface area contributed by atoms with Gasteiger partial charge in [-0.15, -0.1) is 0 Å². The molecule has 0 aromatic rings. The maximum atomic E-state index is 11.8.